The van der Waals surface area contributed by atoms with E-state index in [9.17, 15) is 14.4 Å². The molecule has 0 unspecified atom stereocenters. The molecule has 0 aliphatic carbocycles. The molecule has 8 nitrogen and oxygen atoms in total. The van der Waals surface area contributed by atoms with Crippen LogP contribution in [0.5, 0.6) is 5.75 Å². The molecule has 30 heavy (non-hydrogen) atoms. The molecule has 2 heterocycles. The SMILES string of the molecule is COc1ccc2occ(/C=C3\C(=O)N(c4cccc(C(=O)O)c4)N=C3C)c(=O)c2c1. The van der Waals surface area contributed by atoms with Crippen molar-refractivity contribution in [3.8, 4) is 5.75 Å². The van der Waals surface area contributed by atoms with Crippen LogP contribution in [0.15, 0.2) is 68.6 Å². The van der Waals surface area contributed by atoms with Crippen LogP contribution in [0.1, 0.15) is 22.8 Å². The Morgan fingerprint density at radius 1 is 1.20 bits per heavy atom. The first-order valence-electron chi connectivity index (χ1n) is 8.93. The molecule has 1 aromatic heterocycles. The van der Waals surface area contributed by atoms with Gasteiger partial charge >= 0.3 is 5.97 Å². The molecule has 1 N–H and O–H groups in total. The Morgan fingerprint density at radius 2 is 2.00 bits per heavy atom. The number of aromatic carboxylic acids is 1. The van der Waals surface area contributed by atoms with Crippen LogP contribution in [0.4, 0.5) is 5.69 Å². The van der Waals surface area contributed by atoms with Crippen molar-refractivity contribution in [3.05, 3.63) is 75.7 Å². The molecule has 0 spiro atoms. The van der Waals surface area contributed by atoms with E-state index in [1.165, 1.54) is 37.6 Å². The highest BCUT2D eigenvalue weighted by Crippen LogP contribution is 2.26. The van der Waals surface area contributed by atoms with Crippen molar-refractivity contribution < 1.29 is 23.8 Å². The summed E-state index contributed by atoms with van der Waals surface area (Å²) in [6.07, 6.45) is 2.71. The van der Waals surface area contributed by atoms with E-state index in [-0.39, 0.29) is 22.1 Å². The highest BCUT2D eigenvalue weighted by Gasteiger charge is 2.29. The van der Waals surface area contributed by atoms with Gasteiger partial charge in [-0.3, -0.25) is 9.59 Å². The number of carbonyl (C=O) groups is 2. The van der Waals surface area contributed by atoms with Gasteiger partial charge in [-0.1, -0.05) is 6.07 Å². The third-order valence-electron chi connectivity index (χ3n) is 4.71. The Bertz CT molecular complexity index is 1320. The van der Waals surface area contributed by atoms with Gasteiger partial charge in [0.25, 0.3) is 5.91 Å². The van der Waals surface area contributed by atoms with Crippen molar-refractivity contribution in [3.63, 3.8) is 0 Å². The minimum absolute atomic E-state index is 0.0368. The van der Waals surface area contributed by atoms with Crippen LogP contribution in [0.3, 0.4) is 0 Å². The molecule has 3 aromatic rings. The summed E-state index contributed by atoms with van der Waals surface area (Å²) in [4.78, 5) is 37.0. The van der Waals surface area contributed by atoms with Crippen molar-refractivity contribution in [2.45, 2.75) is 6.92 Å². The van der Waals surface area contributed by atoms with Gasteiger partial charge in [-0.05, 0) is 49.4 Å². The Labute approximate surface area is 170 Å². The summed E-state index contributed by atoms with van der Waals surface area (Å²) in [5.74, 6) is -1.07. The molecule has 0 bridgehead atoms. The number of benzene rings is 2. The zero-order valence-corrected chi connectivity index (χ0v) is 16.1. The van der Waals surface area contributed by atoms with Gasteiger partial charge in [-0.2, -0.15) is 10.1 Å². The molecule has 4 rings (SSSR count). The molecule has 2 aromatic carbocycles. The second-order valence-corrected chi connectivity index (χ2v) is 6.60. The molecule has 0 saturated carbocycles. The maximum Gasteiger partial charge on any atom is 0.335 e. The van der Waals surface area contributed by atoms with E-state index < -0.39 is 11.9 Å². The lowest BCUT2D eigenvalue weighted by Gasteiger charge is -2.12. The second kappa shape index (κ2) is 7.32. The van der Waals surface area contributed by atoms with Gasteiger partial charge in [-0.15, -0.1) is 0 Å². The zero-order chi connectivity index (χ0) is 21.4. The number of anilines is 1. The quantitative estimate of drug-likeness (QED) is 0.668. The Morgan fingerprint density at radius 3 is 2.73 bits per heavy atom. The molecule has 0 fully saturated rings. The van der Waals surface area contributed by atoms with Gasteiger partial charge in [0.2, 0.25) is 0 Å². The van der Waals surface area contributed by atoms with Crippen LogP contribution in [0.2, 0.25) is 0 Å². The Balaban J connectivity index is 1.75. The van der Waals surface area contributed by atoms with Crippen LogP contribution in [0.25, 0.3) is 17.0 Å². The van der Waals surface area contributed by atoms with Gasteiger partial charge in [-0.25, -0.2) is 4.79 Å². The molecule has 150 valence electrons. The highest BCUT2D eigenvalue weighted by atomic mass is 16.5. The smallest absolute Gasteiger partial charge is 0.335 e. The average Bonchev–Trinajstić information content (AvgIpc) is 3.03. The molecular weight excluding hydrogens is 388 g/mol. The number of carboxylic acids is 1. The van der Waals surface area contributed by atoms with Gasteiger partial charge in [0.15, 0.2) is 5.43 Å². The molecular formula is C22H16N2O6. The van der Waals surface area contributed by atoms with Crippen LogP contribution in [-0.2, 0) is 4.79 Å². The number of hydrogen-bond donors (Lipinski definition) is 1. The van der Waals surface area contributed by atoms with Crippen LogP contribution in [0, 0.1) is 0 Å². The fraction of sp³-hybridized carbons (Fsp3) is 0.0909. The van der Waals surface area contributed by atoms with Crippen molar-refractivity contribution >= 4 is 40.3 Å². The van der Waals surface area contributed by atoms with Crippen molar-refractivity contribution in [1.82, 2.24) is 0 Å². The third kappa shape index (κ3) is 3.24. The normalized spacial score (nSPS) is 15.0. The predicted octanol–water partition coefficient (Wildman–Crippen LogP) is 3.31. The number of rotatable bonds is 4. The van der Waals surface area contributed by atoms with E-state index in [0.29, 0.717) is 28.1 Å². The Hall–Kier alpha value is -4.20. The van der Waals surface area contributed by atoms with Crippen molar-refractivity contribution in [1.29, 1.82) is 0 Å². The minimum atomic E-state index is -1.11. The van der Waals surface area contributed by atoms with Crippen LogP contribution in [-0.4, -0.2) is 29.8 Å². The minimum Gasteiger partial charge on any atom is -0.497 e. The second-order valence-electron chi connectivity index (χ2n) is 6.60. The number of hydrazone groups is 1. The number of hydrogen-bond acceptors (Lipinski definition) is 6. The average molecular weight is 404 g/mol. The number of carbonyl (C=O) groups excluding carboxylic acids is 1. The molecule has 0 saturated heterocycles. The van der Waals surface area contributed by atoms with Gasteiger partial charge in [0.1, 0.15) is 17.6 Å². The number of nitrogens with zero attached hydrogens (tertiary/aromatic N) is 2. The zero-order valence-electron chi connectivity index (χ0n) is 16.1. The first-order chi connectivity index (χ1) is 14.4. The largest absolute Gasteiger partial charge is 0.497 e. The summed E-state index contributed by atoms with van der Waals surface area (Å²) in [6, 6.07) is 10.8. The topological polar surface area (TPSA) is 109 Å². The number of fused-ring (bicyclic) bond motifs is 1. The van der Waals surface area contributed by atoms with E-state index in [2.05, 4.69) is 5.10 Å². The number of amides is 1. The maximum absolute atomic E-state index is 12.9. The summed E-state index contributed by atoms with van der Waals surface area (Å²) in [7, 11) is 1.50. The van der Waals surface area contributed by atoms with E-state index in [1.807, 2.05) is 0 Å². The summed E-state index contributed by atoms with van der Waals surface area (Å²) in [6.45, 7) is 1.64. The molecule has 0 radical (unpaired) electrons. The molecule has 0 atom stereocenters. The fourth-order valence-electron chi connectivity index (χ4n) is 3.14. The maximum atomic E-state index is 12.9. The van der Waals surface area contributed by atoms with Crippen molar-refractivity contribution in [2.24, 2.45) is 5.10 Å². The van der Waals surface area contributed by atoms with E-state index in [4.69, 9.17) is 14.3 Å². The van der Waals surface area contributed by atoms with E-state index in [0.717, 1.165) is 5.01 Å². The lowest BCUT2D eigenvalue weighted by Crippen LogP contribution is -2.22. The number of carboxylic acid groups (broad SMARTS) is 1. The Kier molecular flexibility index (Phi) is 4.67. The van der Waals surface area contributed by atoms with Crippen LogP contribution < -0.4 is 15.2 Å². The molecule has 1 amide bonds. The predicted molar refractivity (Wildman–Crippen MR) is 111 cm³/mol. The number of methoxy groups -OCH3 is 1. The third-order valence-corrected chi connectivity index (χ3v) is 4.71. The summed E-state index contributed by atoms with van der Waals surface area (Å²) < 4.78 is 10.7. The standard InChI is InChI=1S/C22H16N2O6/c1-12-17(21(26)24(23-12)15-5-3-4-13(8-15)22(27)28)9-14-11-30-19-7-6-16(29-2)10-18(19)20(14)25/h3-11H,1-2H3,(H,27,28)/b17-9-. The van der Waals surface area contributed by atoms with Crippen LogP contribution >= 0.6 is 0 Å². The lowest BCUT2D eigenvalue weighted by atomic mass is 10.1. The van der Waals surface area contributed by atoms with Crippen molar-refractivity contribution in [2.75, 3.05) is 12.1 Å². The van der Waals surface area contributed by atoms with Gasteiger partial charge in [0.05, 0.1) is 40.6 Å². The van der Waals surface area contributed by atoms with Gasteiger partial charge < -0.3 is 14.3 Å². The lowest BCUT2D eigenvalue weighted by molar-refractivity contribution is -0.114. The summed E-state index contributed by atoms with van der Waals surface area (Å²) >= 11 is 0. The fourth-order valence-corrected chi connectivity index (χ4v) is 3.14. The van der Waals surface area contributed by atoms with E-state index >= 15 is 0 Å². The van der Waals surface area contributed by atoms with E-state index in [1.54, 1.807) is 31.2 Å². The summed E-state index contributed by atoms with van der Waals surface area (Å²) in [5.41, 5.74) is 1.24. The molecule has 1 aliphatic heterocycles. The monoisotopic (exact) mass is 404 g/mol. The summed E-state index contributed by atoms with van der Waals surface area (Å²) in [5, 5.41) is 14.8. The number of ether oxygens (including phenoxy) is 1. The first kappa shape index (κ1) is 19.1. The molecule has 1 aliphatic rings. The first-order valence-corrected chi connectivity index (χ1v) is 8.93. The molecule has 8 heteroatoms. The highest BCUT2D eigenvalue weighted by molar-refractivity contribution is 6.32. The van der Waals surface area contributed by atoms with Gasteiger partial charge in [0, 0.05) is 0 Å².